The van der Waals surface area contributed by atoms with E-state index in [-0.39, 0.29) is 0 Å². The van der Waals surface area contributed by atoms with E-state index in [1.807, 2.05) is 0 Å². The molecule has 1 aromatic carbocycles. The second kappa shape index (κ2) is 10.4. The van der Waals surface area contributed by atoms with Crippen LogP contribution in [0.3, 0.4) is 0 Å². The van der Waals surface area contributed by atoms with Crippen molar-refractivity contribution in [2.24, 2.45) is 11.8 Å². The fourth-order valence-corrected chi connectivity index (χ4v) is 3.24. The third kappa shape index (κ3) is 6.41. The first kappa shape index (κ1) is 17.7. The minimum absolute atomic E-state index is 0.741. The van der Waals surface area contributed by atoms with Gasteiger partial charge in [0.25, 0.3) is 0 Å². The molecule has 0 aliphatic heterocycles. The molecule has 0 aliphatic carbocycles. The van der Waals surface area contributed by atoms with Crippen LogP contribution in [0.2, 0.25) is 0 Å². The van der Waals surface area contributed by atoms with Gasteiger partial charge in [-0.1, -0.05) is 67.7 Å². The monoisotopic (exact) mass is 339 g/mol. The molecule has 114 valence electrons. The number of benzene rings is 1. The summed E-state index contributed by atoms with van der Waals surface area (Å²) in [7, 11) is 0. The molecule has 1 rings (SSSR count). The highest BCUT2D eigenvalue weighted by atomic mass is 79.9. The Bertz CT molecular complexity index is 360. The van der Waals surface area contributed by atoms with E-state index in [0.29, 0.717) is 0 Å². The Balaban J connectivity index is 2.63. The van der Waals surface area contributed by atoms with Crippen LogP contribution in [-0.4, -0.2) is 13.1 Å². The summed E-state index contributed by atoms with van der Waals surface area (Å²) < 4.78 is 1.25. The summed E-state index contributed by atoms with van der Waals surface area (Å²) in [4.78, 5) is 0. The van der Waals surface area contributed by atoms with E-state index in [1.54, 1.807) is 0 Å². The van der Waals surface area contributed by atoms with Crippen molar-refractivity contribution in [3.05, 3.63) is 34.3 Å². The summed E-state index contributed by atoms with van der Waals surface area (Å²) in [6.45, 7) is 9.16. The van der Waals surface area contributed by atoms with E-state index in [4.69, 9.17) is 0 Å². The Morgan fingerprint density at radius 3 is 2.35 bits per heavy atom. The summed E-state index contributed by atoms with van der Waals surface area (Å²) in [5.74, 6) is 1.61. The Morgan fingerprint density at radius 2 is 1.75 bits per heavy atom. The summed E-state index contributed by atoms with van der Waals surface area (Å²) >= 11 is 3.69. The first-order valence-corrected chi connectivity index (χ1v) is 8.94. The molecule has 0 saturated carbocycles. The third-order valence-corrected chi connectivity index (χ3v) is 4.92. The van der Waals surface area contributed by atoms with Crippen LogP contribution in [0.15, 0.2) is 28.7 Å². The Labute approximate surface area is 133 Å². The van der Waals surface area contributed by atoms with E-state index < -0.39 is 0 Å². The maximum absolute atomic E-state index is 3.69. The van der Waals surface area contributed by atoms with Crippen LogP contribution in [0.1, 0.15) is 52.0 Å². The maximum atomic E-state index is 3.69. The van der Waals surface area contributed by atoms with Gasteiger partial charge in [0.15, 0.2) is 0 Å². The second-order valence-electron chi connectivity index (χ2n) is 5.78. The highest BCUT2D eigenvalue weighted by Crippen LogP contribution is 2.25. The molecule has 1 nitrogen and oxygen atoms in total. The molecule has 1 unspecified atom stereocenters. The SMILES string of the molecule is CCCNCC(Cc1ccccc1Br)CC(CC)CC. The largest absolute Gasteiger partial charge is 0.316 e. The third-order valence-electron chi connectivity index (χ3n) is 4.15. The lowest BCUT2D eigenvalue weighted by molar-refractivity contribution is 0.338. The molecule has 1 N–H and O–H groups in total. The minimum atomic E-state index is 0.741. The number of hydrogen-bond donors (Lipinski definition) is 1. The van der Waals surface area contributed by atoms with Crippen LogP contribution in [0.5, 0.6) is 0 Å². The highest BCUT2D eigenvalue weighted by Gasteiger charge is 2.15. The maximum Gasteiger partial charge on any atom is 0.0207 e. The molecule has 1 aromatic rings. The molecule has 0 saturated heterocycles. The van der Waals surface area contributed by atoms with Gasteiger partial charge in [0.1, 0.15) is 0 Å². The molecule has 20 heavy (non-hydrogen) atoms. The molecule has 0 heterocycles. The van der Waals surface area contributed by atoms with E-state index in [2.05, 4.69) is 66.3 Å². The quantitative estimate of drug-likeness (QED) is 0.560. The predicted molar refractivity (Wildman–Crippen MR) is 93.2 cm³/mol. The van der Waals surface area contributed by atoms with E-state index in [1.165, 1.54) is 42.1 Å². The summed E-state index contributed by atoms with van der Waals surface area (Å²) in [6, 6.07) is 8.65. The Hall–Kier alpha value is -0.340. The number of rotatable bonds is 10. The molecule has 0 aliphatic rings. The molecular formula is C18H30BrN. The van der Waals surface area contributed by atoms with Gasteiger partial charge in [0.2, 0.25) is 0 Å². The second-order valence-corrected chi connectivity index (χ2v) is 6.64. The summed E-state index contributed by atoms with van der Waals surface area (Å²) in [5.41, 5.74) is 1.45. The van der Waals surface area contributed by atoms with Gasteiger partial charge in [-0.05, 0) is 55.8 Å². The lowest BCUT2D eigenvalue weighted by atomic mass is 9.86. The zero-order valence-electron chi connectivity index (χ0n) is 13.3. The Kier molecular flexibility index (Phi) is 9.21. The van der Waals surface area contributed by atoms with Crippen molar-refractivity contribution in [1.82, 2.24) is 5.32 Å². The standard InChI is InChI=1S/C18H30BrN/c1-4-11-20-14-16(12-15(5-2)6-3)13-17-9-7-8-10-18(17)19/h7-10,15-16,20H,4-6,11-14H2,1-3H3. The van der Waals surface area contributed by atoms with Crippen molar-refractivity contribution >= 4 is 15.9 Å². The predicted octanol–water partition coefficient (Wildman–Crippen LogP) is 5.43. The van der Waals surface area contributed by atoms with Crippen LogP contribution >= 0.6 is 15.9 Å². The lowest BCUT2D eigenvalue weighted by Crippen LogP contribution is -2.26. The smallest absolute Gasteiger partial charge is 0.0207 e. The summed E-state index contributed by atoms with van der Waals surface area (Å²) in [6.07, 6.45) is 6.33. The normalized spacial score (nSPS) is 12.8. The van der Waals surface area contributed by atoms with Crippen molar-refractivity contribution in [2.45, 2.75) is 52.9 Å². The molecule has 2 heteroatoms. The van der Waals surface area contributed by atoms with Crippen molar-refractivity contribution in [1.29, 1.82) is 0 Å². The number of hydrogen-bond acceptors (Lipinski definition) is 1. The van der Waals surface area contributed by atoms with E-state index >= 15 is 0 Å². The van der Waals surface area contributed by atoms with Gasteiger partial charge < -0.3 is 5.32 Å². The van der Waals surface area contributed by atoms with Gasteiger partial charge in [0, 0.05) is 4.47 Å². The molecule has 0 bridgehead atoms. The zero-order valence-corrected chi connectivity index (χ0v) is 14.9. The van der Waals surface area contributed by atoms with Crippen LogP contribution in [0, 0.1) is 11.8 Å². The first-order chi connectivity index (χ1) is 9.71. The Morgan fingerprint density at radius 1 is 1.05 bits per heavy atom. The van der Waals surface area contributed by atoms with Gasteiger partial charge in [-0.2, -0.15) is 0 Å². The van der Waals surface area contributed by atoms with Crippen molar-refractivity contribution in [3.63, 3.8) is 0 Å². The van der Waals surface area contributed by atoms with Crippen LogP contribution in [0.4, 0.5) is 0 Å². The number of halogens is 1. The topological polar surface area (TPSA) is 12.0 Å². The molecular weight excluding hydrogens is 310 g/mol. The minimum Gasteiger partial charge on any atom is -0.316 e. The molecule has 1 atom stereocenters. The van der Waals surface area contributed by atoms with Gasteiger partial charge in [0.05, 0.1) is 0 Å². The van der Waals surface area contributed by atoms with Crippen molar-refractivity contribution < 1.29 is 0 Å². The van der Waals surface area contributed by atoms with Gasteiger partial charge in [-0.3, -0.25) is 0 Å². The average molecular weight is 340 g/mol. The number of nitrogens with one attached hydrogen (secondary N) is 1. The fourth-order valence-electron chi connectivity index (χ4n) is 2.79. The highest BCUT2D eigenvalue weighted by molar-refractivity contribution is 9.10. The summed E-state index contributed by atoms with van der Waals surface area (Å²) in [5, 5.41) is 3.61. The zero-order chi connectivity index (χ0) is 14.8. The molecule has 0 fully saturated rings. The van der Waals surface area contributed by atoms with Crippen LogP contribution < -0.4 is 5.32 Å². The molecule has 0 spiro atoms. The van der Waals surface area contributed by atoms with Gasteiger partial charge in [-0.25, -0.2) is 0 Å². The molecule has 0 radical (unpaired) electrons. The fraction of sp³-hybridized carbons (Fsp3) is 0.667. The van der Waals surface area contributed by atoms with Gasteiger partial charge >= 0.3 is 0 Å². The van der Waals surface area contributed by atoms with Crippen LogP contribution in [0.25, 0.3) is 0 Å². The average Bonchev–Trinajstić information content (AvgIpc) is 2.47. The van der Waals surface area contributed by atoms with E-state index in [9.17, 15) is 0 Å². The van der Waals surface area contributed by atoms with E-state index in [0.717, 1.165) is 24.9 Å². The van der Waals surface area contributed by atoms with Crippen molar-refractivity contribution in [2.75, 3.05) is 13.1 Å². The van der Waals surface area contributed by atoms with Gasteiger partial charge in [-0.15, -0.1) is 0 Å². The molecule has 0 amide bonds. The first-order valence-electron chi connectivity index (χ1n) is 8.15. The lowest BCUT2D eigenvalue weighted by Gasteiger charge is -2.23. The van der Waals surface area contributed by atoms with Crippen molar-refractivity contribution in [3.8, 4) is 0 Å². The molecule has 0 aromatic heterocycles. The van der Waals surface area contributed by atoms with Crippen LogP contribution in [-0.2, 0) is 6.42 Å².